The number of aliphatic hydroxyl groups is 1. The summed E-state index contributed by atoms with van der Waals surface area (Å²) in [4.78, 5) is 17.2. The van der Waals surface area contributed by atoms with Crippen LogP contribution in [0.1, 0.15) is 43.2 Å². The van der Waals surface area contributed by atoms with E-state index in [1.54, 1.807) is 16.9 Å². The molecule has 2 aromatic heterocycles. The fourth-order valence-corrected chi connectivity index (χ4v) is 4.14. The lowest BCUT2D eigenvalue weighted by molar-refractivity contribution is 0.145. The largest absolute Gasteiger partial charge is 0.465 e. The summed E-state index contributed by atoms with van der Waals surface area (Å²) < 4.78 is 7.33. The lowest BCUT2D eigenvalue weighted by Crippen LogP contribution is -2.41. The van der Waals surface area contributed by atoms with Crippen molar-refractivity contribution in [2.24, 2.45) is 0 Å². The summed E-state index contributed by atoms with van der Waals surface area (Å²) >= 11 is 0. The van der Waals surface area contributed by atoms with E-state index in [0.717, 1.165) is 75.6 Å². The van der Waals surface area contributed by atoms with Gasteiger partial charge in [-0.25, -0.2) is 4.68 Å². The Morgan fingerprint density at radius 1 is 1.22 bits per heavy atom. The summed E-state index contributed by atoms with van der Waals surface area (Å²) in [6.07, 6.45) is 5.08. The summed E-state index contributed by atoms with van der Waals surface area (Å²) in [6.45, 7) is 6.09. The smallest absolute Gasteiger partial charge is 0.269 e. The van der Waals surface area contributed by atoms with Crippen molar-refractivity contribution in [3.8, 4) is 0 Å². The predicted octanol–water partition coefficient (Wildman–Crippen LogP) is 1.94. The molecule has 0 amide bonds. The van der Waals surface area contributed by atoms with Gasteiger partial charge in [-0.05, 0) is 51.3 Å². The van der Waals surface area contributed by atoms with Crippen molar-refractivity contribution in [3.05, 3.63) is 46.3 Å². The molecule has 1 atom stereocenters. The minimum absolute atomic E-state index is 0.0423. The average molecular weight is 372 g/mol. The number of aryl methyl sites for hydroxylation is 1. The number of rotatable bonds is 4. The first kappa shape index (κ1) is 18.3. The first-order chi connectivity index (χ1) is 13.1. The van der Waals surface area contributed by atoms with Gasteiger partial charge in [-0.15, -0.1) is 0 Å². The predicted molar refractivity (Wildman–Crippen MR) is 103 cm³/mol. The molecule has 0 bridgehead atoms. The summed E-state index contributed by atoms with van der Waals surface area (Å²) in [5, 5.41) is 14.1. The summed E-state index contributed by atoms with van der Waals surface area (Å²) in [5.74, 6) is 1.90. The first-order valence-corrected chi connectivity index (χ1v) is 9.88. The Kier molecular flexibility index (Phi) is 5.31. The Morgan fingerprint density at radius 2 is 2.04 bits per heavy atom. The van der Waals surface area contributed by atoms with Crippen LogP contribution in [0.15, 0.2) is 33.6 Å². The maximum Gasteiger partial charge on any atom is 0.269 e. The summed E-state index contributed by atoms with van der Waals surface area (Å²) in [7, 11) is 0. The number of hydrogen-bond donors (Lipinski definition) is 1. The quantitative estimate of drug-likeness (QED) is 0.884. The van der Waals surface area contributed by atoms with Gasteiger partial charge in [0, 0.05) is 25.7 Å². The molecule has 7 nitrogen and oxygen atoms in total. The maximum atomic E-state index is 12.7. The minimum atomic E-state index is -0.222. The molecule has 146 valence electrons. The molecule has 1 N–H and O–H groups in total. The standard InChI is InChI=1S/C20H28N4O3/c1-15-4-5-19(27-15)14-22-8-2-3-16(13-22)24-20(26)11-17(12-21-24)23-9-6-18(25)7-10-23/h4-5,11-12,16,18,25H,2-3,6-10,13-14H2,1H3/t16-/m1/s1. The number of aromatic nitrogens is 2. The Bertz CT molecular complexity index is 823. The number of piperidine rings is 2. The summed E-state index contributed by atoms with van der Waals surface area (Å²) in [6, 6.07) is 5.80. The van der Waals surface area contributed by atoms with Gasteiger partial charge in [-0.1, -0.05) is 0 Å². The van der Waals surface area contributed by atoms with E-state index >= 15 is 0 Å². The van der Waals surface area contributed by atoms with Crippen LogP contribution in [-0.2, 0) is 6.54 Å². The average Bonchev–Trinajstić information content (AvgIpc) is 3.07. The van der Waals surface area contributed by atoms with Crippen molar-refractivity contribution in [2.75, 3.05) is 31.1 Å². The molecule has 27 heavy (non-hydrogen) atoms. The second-order valence-corrected chi connectivity index (χ2v) is 7.76. The SMILES string of the molecule is Cc1ccc(CN2CCC[C@@H](n3ncc(N4CCC(O)CC4)cc3=O)C2)o1. The van der Waals surface area contributed by atoms with Crippen LogP contribution in [-0.4, -0.2) is 52.1 Å². The molecule has 2 aliphatic rings. The number of nitrogens with zero attached hydrogens (tertiary/aromatic N) is 4. The van der Waals surface area contributed by atoms with Gasteiger partial charge in [0.15, 0.2) is 0 Å². The van der Waals surface area contributed by atoms with Crippen LogP contribution < -0.4 is 10.5 Å². The van der Waals surface area contributed by atoms with E-state index in [1.165, 1.54) is 0 Å². The van der Waals surface area contributed by atoms with Gasteiger partial charge in [0.1, 0.15) is 11.5 Å². The third kappa shape index (κ3) is 4.25. The number of likely N-dealkylation sites (tertiary alicyclic amines) is 1. The highest BCUT2D eigenvalue weighted by atomic mass is 16.3. The van der Waals surface area contributed by atoms with Crippen molar-refractivity contribution >= 4 is 5.69 Å². The third-order valence-electron chi connectivity index (χ3n) is 5.64. The van der Waals surface area contributed by atoms with E-state index < -0.39 is 0 Å². The summed E-state index contributed by atoms with van der Waals surface area (Å²) in [5.41, 5.74) is 0.821. The van der Waals surface area contributed by atoms with Crippen LogP contribution in [0.25, 0.3) is 0 Å². The van der Waals surface area contributed by atoms with E-state index in [4.69, 9.17) is 4.42 Å². The van der Waals surface area contributed by atoms with Gasteiger partial charge in [-0.3, -0.25) is 9.69 Å². The van der Waals surface area contributed by atoms with Crippen LogP contribution in [0.2, 0.25) is 0 Å². The van der Waals surface area contributed by atoms with Crippen LogP contribution in [0, 0.1) is 6.92 Å². The van der Waals surface area contributed by atoms with E-state index in [1.807, 2.05) is 19.1 Å². The number of furan rings is 1. The lowest BCUT2D eigenvalue weighted by atomic mass is 10.1. The van der Waals surface area contributed by atoms with Gasteiger partial charge in [-0.2, -0.15) is 5.10 Å². The topological polar surface area (TPSA) is 74.7 Å². The number of anilines is 1. The highest BCUT2D eigenvalue weighted by molar-refractivity contribution is 5.43. The molecule has 4 rings (SSSR count). The molecule has 4 heterocycles. The Hall–Kier alpha value is -2.12. The molecule has 2 fully saturated rings. The zero-order valence-corrected chi connectivity index (χ0v) is 15.9. The molecule has 2 aliphatic heterocycles. The van der Waals surface area contributed by atoms with E-state index in [9.17, 15) is 9.90 Å². The fourth-order valence-electron chi connectivity index (χ4n) is 4.14. The minimum Gasteiger partial charge on any atom is -0.465 e. The molecule has 0 radical (unpaired) electrons. The molecule has 2 aromatic rings. The molecular formula is C20H28N4O3. The Balaban J connectivity index is 1.43. The van der Waals surface area contributed by atoms with E-state index in [-0.39, 0.29) is 17.7 Å². The zero-order valence-electron chi connectivity index (χ0n) is 15.9. The normalized spacial score (nSPS) is 22.3. The van der Waals surface area contributed by atoms with Gasteiger partial charge in [0.25, 0.3) is 5.56 Å². The van der Waals surface area contributed by atoms with Gasteiger partial charge < -0.3 is 14.4 Å². The molecule has 7 heteroatoms. The van der Waals surface area contributed by atoms with Crippen molar-refractivity contribution < 1.29 is 9.52 Å². The number of aliphatic hydroxyl groups excluding tert-OH is 1. The fraction of sp³-hybridized carbons (Fsp3) is 0.600. The Labute approximate surface area is 159 Å². The monoisotopic (exact) mass is 372 g/mol. The van der Waals surface area contributed by atoms with Crippen LogP contribution in [0.4, 0.5) is 5.69 Å². The maximum absolute atomic E-state index is 12.7. The van der Waals surface area contributed by atoms with Crippen molar-refractivity contribution in [2.45, 2.75) is 51.3 Å². The number of hydrogen-bond acceptors (Lipinski definition) is 6. The molecule has 0 saturated carbocycles. The van der Waals surface area contributed by atoms with Crippen molar-refractivity contribution in [1.29, 1.82) is 0 Å². The molecule has 0 unspecified atom stereocenters. The second kappa shape index (κ2) is 7.86. The second-order valence-electron chi connectivity index (χ2n) is 7.76. The third-order valence-corrected chi connectivity index (χ3v) is 5.64. The van der Waals surface area contributed by atoms with Crippen LogP contribution >= 0.6 is 0 Å². The van der Waals surface area contributed by atoms with Crippen molar-refractivity contribution in [1.82, 2.24) is 14.7 Å². The van der Waals surface area contributed by atoms with Crippen LogP contribution in [0.5, 0.6) is 0 Å². The first-order valence-electron chi connectivity index (χ1n) is 9.88. The highest BCUT2D eigenvalue weighted by Gasteiger charge is 2.24. The lowest BCUT2D eigenvalue weighted by Gasteiger charge is -2.33. The van der Waals surface area contributed by atoms with Crippen molar-refractivity contribution in [3.63, 3.8) is 0 Å². The zero-order chi connectivity index (χ0) is 18.8. The van der Waals surface area contributed by atoms with Gasteiger partial charge in [0.05, 0.1) is 30.6 Å². The van der Waals surface area contributed by atoms with Gasteiger partial charge >= 0.3 is 0 Å². The molecule has 0 aromatic carbocycles. The highest BCUT2D eigenvalue weighted by Crippen LogP contribution is 2.23. The molecule has 0 spiro atoms. The molecular weight excluding hydrogens is 344 g/mol. The van der Waals surface area contributed by atoms with Gasteiger partial charge in [0.2, 0.25) is 0 Å². The van der Waals surface area contributed by atoms with E-state index in [0.29, 0.717) is 0 Å². The van der Waals surface area contributed by atoms with E-state index in [2.05, 4.69) is 14.9 Å². The molecule has 2 saturated heterocycles. The Morgan fingerprint density at radius 3 is 2.74 bits per heavy atom. The molecule has 0 aliphatic carbocycles. The van der Waals surface area contributed by atoms with Crippen LogP contribution in [0.3, 0.4) is 0 Å².